The second-order valence-corrected chi connectivity index (χ2v) is 7.83. The van der Waals surface area contributed by atoms with Gasteiger partial charge >= 0.3 is 0 Å². The van der Waals surface area contributed by atoms with Crippen molar-refractivity contribution in [2.24, 2.45) is 5.73 Å². The van der Waals surface area contributed by atoms with E-state index >= 15 is 0 Å². The molecule has 30 heavy (non-hydrogen) atoms. The monoisotopic (exact) mass is 409 g/mol. The summed E-state index contributed by atoms with van der Waals surface area (Å²) >= 11 is 0. The third kappa shape index (κ3) is 4.17. The van der Waals surface area contributed by atoms with E-state index < -0.39 is 11.7 Å². The number of nitrogens with zero attached hydrogens (tertiary/aromatic N) is 4. The van der Waals surface area contributed by atoms with Crippen LogP contribution in [-0.4, -0.2) is 44.6 Å². The van der Waals surface area contributed by atoms with Gasteiger partial charge in [0.1, 0.15) is 5.82 Å². The van der Waals surface area contributed by atoms with Crippen LogP contribution in [0.15, 0.2) is 36.7 Å². The summed E-state index contributed by atoms with van der Waals surface area (Å²) in [6, 6.07) is 5.88. The average molecular weight is 409 g/mol. The summed E-state index contributed by atoms with van der Waals surface area (Å²) in [5, 5.41) is 4.75. The molecule has 1 saturated heterocycles. The molecule has 0 radical (unpaired) electrons. The van der Waals surface area contributed by atoms with E-state index in [1.165, 1.54) is 12.1 Å². The molecule has 0 saturated carbocycles. The van der Waals surface area contributed by atoms with Gasteiger partial charge in [0.25, 0.3) is 5.91 Å². The van der Waals surface area contributed by atoms with E-state index in [1.54, 1.807) is 23.0 Å². The Kier molecular flexibility index (Phi) is 5.48. The van der Waals surface area contributed by atoms with Gasteiger partial charge in [0, 0.05) is 43.6 Å². The van der Waals surface area contributed by atoms with Crippen molar-refractivity contribution in [3.05, 3.63) is 59.3 Å². The number of halogens is 1. The van der Waals surface area contributed by atoms with E-state index in [9.17, 15) is 14.0 Å². The zero-order valence-corrected chi connectivity index (χ0v) is 16.8. The number of likely N-dealkylation sites (tertiary alicyclic amines) is 1. The Morgan fingerprint density at radius 3 is 2.87 bits per heavy atom. The van der Waals surface area contributed by atoms with Crippen molar-refractivity contribution in [1.29, 1.82) is 0 Å². The number of nitrogens with two attached hydrogens (primary N) is 1. The molecule has 1 atom stereocenters. The maximum Gasteiger partial charge on any atom is 0.250 e. The third-order valence-corrected chi connectivity index (χ3v) is 5.55. The maximum atomic E-state index is 13.6. The predicted octanol–water partition coefficient (Wildman–Crippen LogP) is 2.77. The van der Waals surface area contributed by atoms with Crippen molar-refractivity contribution in [3.63, 3.8) is 0 Å². The van der Waals surface area contributed by atoms with Crippen LogP contribution in [0, 0.1) is 12.7 Å². The minimum Gasteiger partial charge on any atom is -0.366 e. The van der Waals surface area contributed by atoms with Crippen LogP contribution in [-0.2, 0) is 11.3 Å². The summed E-state index contributed by atoms with van der Waals surface area (Å²) in [6.45, 7) is 3.65. The number of piperidine rings is 1. The van der Waals surface area contributed by atoms with Crippen LogP contribution in [0.5, 0.6) is 0 Å². The van der Waals surface area contributed by atoms with E-state index in [1.807, 2.05) is 18.0 Å². The molecule has 1 aromatic carbocycles. The Balaban J connectivity index is 1.54. The number of aromatic nitrogens is 3. The van der Waals surface area contributed by atoms with Crippen molar-refractivity contribution < 1.29 is 14.0 Å². The highest BCUT2D eigenvalue weighted by molar-refractivity contribution is 5.97. The first-order valence-corrected chi connectivity index (χ1v) is 10.1. The molecule has 3 heterocycles. The molecule has 2 N–H and O–H groups in total. The molecule has 0 spiro atoms. The standard InChI is InChI=1S/C22H24FN5O2/c1-14-11-25-28(12-14)8-6-20(29)27-7-2-3-15(13-27)21-18(22(24)30)10-16-9-17(23)4-5-19(16)26-21/h4-5,9-12,15H,2-3,6-8,13H2,1H3,(H2,24,30). The molecule has 4 rings (SSSR count). The number of fused-ring (bicyclic) bond motifs is 1. The summed E-state index contributed by atoms with van der Waals surface area (Å²) in [4.78, 5) is 31.3. The molecule has 0 aliphatic carbocycles. The van der Waals surface area contributed by atoms with Gasteiger partial charge in [-0.25, -0.2) is 4.39 Å². The molecule has 7 nitrogen and oxygen atoms in total. The molecule has 1 aliphatic heterocycles. The van der Waals surface area contributed by atoms with Crippen molar-refractivity contribution in [1.82, 2.24) is 19.7 Å². The molecule has 0 bridgehead atoms. The van der Waals surface area contributed by atoms with Crippen LogP contribution in [0.2, 0.25) is 0 Å². The first kappa shape index (κ1) is 20.0. The van der Waals surface area contributed by atoms with Gasteiger partial charge < -0.3 is 10.6 Å². The molecule has 2 aromatic heterocycles. The Morgan fingerprint density at radius 2 is 2.13 bits per heavy atom. The van der Waals surface area contributed by atoms with Crippen molar-refractivity contribution in [3.8, 4) is 0 Å². The van der Waals surface area contributed by atoms with Crippen LogP contribution in [0.25, 0.3) is 10.9 Å². The number of pyridine rings is 1. The normalized spacial score (nSPS) is 16.7. The van der Waals surface area contributed by atoms with E-state index in [2.05, 4.69) is 10.1 Å². The Hall–Kier alpha value is -3.29. The molecule has 1 unspecified atom stereocenters. The second-order valence-electron chi connectivity index (χ2n) is 7.83. The minimum atomic E-state index is -0.596. The van der Waals surface area contributed by atoms with Crippen LogP contribution in [0.4, 0.5) is 4.39 Å². The smallest absolute Gasteiger partial charge is 0.250 e. The Morgan fingerprint density at radius 1 is 1.30 bits per heavy atom. The summed E-state index contributed by atoms with van der Waals surface area (Å²) < 4.78 is 15.3. The van der Waals surface area contributed by atoms with Crippen LogP contribution < -0.4 is 5.73 Å². The van der Waals surface area contributed by atoms with E-state index in [0.717, 1.165) is 18.4 Å². The Labute approximate surface area is 173 Å². The average Bonchev–Trinajstić information content (AvgIpc) is 3.16. The molecule has 8 heteroatoms. The SMILES string of the molecule is Cc1cnn(CCC(=O)N2CCCC(c3nc4ccc(F)cc4cc3C(N)=O)C2)c1. The van der Waals surface area contributed by atoms with Crippen LogP contribution >= 0.6 is 0 Å². The number of carbonyl (C=O) groups excluding carboxylic acids is 2. The molecular formula is C22H24FN5O2. The topological polar surface area (TPSA) is 94.1 Å². The van der Waals surface area contributed by atoms with Crippen molar-refractivity contribution >= 4 is 22.7 Å². The largest absolute Gasteiger partial charge is 0.366 e. The van der Waals surface area contributed by atoms with Gasteiger partial charge in [0.2, 0.25) is 5.91 Å². The number of primary amides is 1. The summed E-state index contributed by atoms with van der Waals surface area (Å²) in [7, 11) is 0. The number of amides is 2. The number of hydrogen-bond acceptors (Lipinski definition) is 4. The second kappa shape index (κ2) is 8.22. The third-order valence-electron chi connectivity index (χ3n) is 5.55. The lowest BCUT2D eigenvalue weighted by Crippen LogP contribution is -2.40. The van der Waals surface area contributed by atoms with Crippen molar-refractivity contribution in [2.75, 3.05) is 13.1 Å². The first-order chi connectivity index (χ1) is 14.4. The Bertz CT molecular complexity index is 1110. The van der Waals surface area contributed by atoms with Gasteiger partial charge in [-0.3, -0.25) is 19.3 Å². The van der Waals surface area contributed by atoms with Gasteiger partial charge in [-0.1, -0.05) is 0 Å². The number of carbonyl (C=O) groups is 2. The van der Waals surface area contributed by atoms with Gasteiger partial charge in [-0.15, -0.1) is 0 Å². The van der Waals surface area contributed by atoms with Gasteiger partial charge in [-0.2, -0.15) is 5.10 Å². The fourth-order valence-electron chi connectivity index (χ4n) is 4.06. The van der Waals surface area contributed by atoms with Gasteiger partial charge in [0.15, 0.2) is 0 Å². The molecular weight excluding hydrogens is 385 g/mol. The highest BCUT2D eigenvalue weighted by Crippen LogP contribution is 2.30. The first-order valence-electron chi connectivity index (χ1n) is 10.1. The molecule has 3 aromatic rings. The predicted molar refractivity (Wildman–Crippen MR) is 110 cm³/mol. The number of hydrogen-bond donors (Lipinski definition) is 1. The van der Waals surface area contributed by atoms with Crippen molar-refractivity contribution in [2.45, 2.75) is 38.6 Å². The zero-order valence-electron chi connectivity index (χ0n) is 16.8. The minimum absolute atomic E-state index is 0.0522. The number of aryl methyl sites for hydroxylation is 2. The molecule has 1 aliphatic rings. The maximum absolute atomic E-state index is 13.6. The lowest BCUT2D eigenvalue weighted by atomic mass is 9.90. The highest BCUT2D eigenvalue weighted by atomic mass is 19.1. The lowest BCUT2D eigenvalue weighted by molar-refractivity contribution is -0.132. The molecule has 1 fully saturated rings. The number of benzene rings is 1. The van der Waals surface area contributed by atoms with E-state index in [-0.39, 0.29) is 11.8 Å². The number of rotatable bonds is 5. The van der Waals surface area contributed by atoms with Gasteiger partial charge in [0.05, 0.1) is 23.0 Å². The summed E-state index contributed by atoms with van der Waals surface area (Å²) in [5.74, 6) is -1.03. The summed E-state index contributed by atoms with van der Waals surface area (Å²) in [6.07, 6.45) is 5.67. The fraction of sp³-hybridized carbons (Fsp3) is 0.364. The zero-order chi connectivity index (χ0) is 21.3. The van der Waals surface area contributed by atoms with E-state index in [0.29, 0.717) is 48.2 Å². The van der Waals surface area contributed by atoms with Gasteiger partial charge in [-0.05, 0) is 49.6 Å². The fourth-order valence-corrected chi connectivity index (χ4v) is 4.06. The highest BCUT2D eigenvalue weighted by Gasteiger charge is 2.28. The molecule has 2 amide bonds. The van der Waals surface area contributed by atoms with Crippen LogP contribution in [0.3, 0.4) is 0 Å². The summed E-state index contributed by atoms with van der Waals surface area (Å²) in [5.41, 5.74) is 8.13. The quantitative estimate of drug-likeness (QED) is 0.701. The molecule has 156 valence electrons. The van der Waals surface area contributed by atoms with Crippen LogP contribution in [0.1, 0.15) is 46.8 Å². The lowest BCUT2D eigenvalue weighted by Gasteiger charge is -2.33. The van der Waals surface area contributed by atoms with E-state index in [4.69, 9.17) is 5.73 Å².